The quantitative estimate of drug-likeness (QED) is 0.206. The summed E-state index contributed by atoms with van der Waals surface area (Å²) < 4.78 is 0. The van der Waals surface area contributed by atoms with Crippen molar-refractivity contribution >= 4 is 43.4 Å². The number of nitrogens with zero attached hydrogens (tertiary/aromatic N) is 3. The number of benzene rings is 6. The molecule has 0 spiro atoms. The second-order valence-corrected chi connectivity index (χ2v) is 11.7. The topological polar surface area (TPSA) is 38.7 Å². The standard InChI is InChI=1S/C43H27N3/c1-4-14-33-28(9-1)12-7-16-35(33)31-20-22-40-38(25-31)37(26-43(46-40)36-17-8-13-29-10-2-5-15-34(29)36)32-21-23-41(44-27-32)42-24-19-30-11-3-6-18-39(30)45-42/h1-27H. The zero-order valence-electron chi connectivity index (χ0n) is 24.9. The van der Waals surface area contributed by atoms with Crippen molar-refractivity contribution in [2.24, 2.45) is 0 Å². The molecule has 0 aliphatic carbocycles. The van der Waals surface area contributed by atoms with E-state index in [0.717, 1.165) is 61.1 Å². The molecule has 3 heteroatoms. The lowest BCUT2D eigenvalue weighted by molar-refractivity contribution is 1.28. The van der Waals surface area contributed by atoms with Crippen LogP contribution in [0, 0.1) is 0 Å². The molecule has 9 aromatic rings. The Kier molecular flexibility index (Phi) is 6.14. The zero-order valence-corrected chi connectivity index (χ0v) is 24.9. The number of aromatic nitrogens is 3. The van der Waals surface area contributed by atoms with E-state index in [9.17, 15) is 0 Å². The molecule has 46 heavy (non-hydrogen) atoms. The molecule has 0 aliphatic heterocycles. The van der Waals surface area contributed by atoms with E-state index in [1.54, 1.807) is 0 Å². The van der Waals surface area contributed by atoms with Crippen LogP contribution < -0.4 is 0 Å². The fraction of sp³-hybridized carbons (Fsp3) is 0. The minimum absolute atomic E-state index is 0.846. The highest BCUT2D eigenvalue weighted by molar-refractivity contribution is 6.04. The van der Waals surface area contributed by atoms with Gasteiger partial charge in [-0.1, -0.05) is 121 Å². The van der Waals surface area contributed by atoms with Gasteiger partial charge in [0.2, 0.25) is 0 Å². The molecular formula is C43H27N3. The fourth-order valence-electron chi connectivity index (χ4n) is 6.61. The monoisotopic (exact) mass is 585 g/mol. The zero-order chi connectivity index (χ0) is 30.5. The van der Waals surface area contributed by atoms with Crippen molar-refractivity contribution in [2.45, 2.75) is 0 Å². The van der Waals surface area contributed by atoms with Gasteiger partial charge in [0.1, 0.15) is 0 Å². The van der Waals surface area contributed by atoms with Gasteiger partial charge >= 0.3 is 0 Å². The molecule has 214 valence electrons. The molecule has 0 aliphatic rings. The molecule has 0 saturated heterocycles. The number of para-hydroxylation sites is 1. The fourth-order valence-corrected chi connectivity index (χ4v) is 6.61. The van der Waals surface area contributed by atoms with E-state index in [2.05, 4.69) is 133 Å². The van der Waals surface area contributed by atoms with E-state index >= 15 is 0 Å². The third kappa shape index (κ3) is 4.49. The molecular weight excluding hydrogens is 558 g/mol. The summed E-state index contributed by atoms with van der Waals surface area (Å²) in [6.45, 7) is 0. The maximum Gasteiger partial charge on any atom is 0.0893 e. The smallest absolute Gasteiger partial charge is 0.0893 e. The van der Waals surface area contributed by atoms with Crippen LogP contribution in [0.15, 0.2) is 164 Å². The van der Waals surface area contributed by atoms with E-state index in [0.29, 0.717) is 0 Å². The van der Waals surface area contributed by atoms with Crippen LogP contribution in [-0.2, 0) is 0 Å². The first-order valence-corrected chi connectivity index (χ1v) is 15.5. The second-order valence-electron chi connectivity index (χ2n) is 11.7. The number of hydrogen-bond acceptors (Lipinski definition) is 3. The molecule has 3 nitrogen and oxygen atoms in total. The van der Waals surface area contributed by atoms with Gasteiger partial charge in [-0.15, -0.1) is 0 Å². The summed E-state index contributed by atoms with van der Waals surface area (Å²) in [6, 6.07) is 55.4. The van der Waals surface area contributed by atoms with Gasteiger partial charge in [-0.2, -0.15) is 0 Å². The van der Waals surface area contributed by atoms with Gasteiger partial charge < -0.3 is 0 Å². The highest BCUT2D eigenvalue weighted by atomic mass is 14.8. The summed E-state index contributed by atoms with van der Waals surface area (Å²) in [4.78, 5) is 15.1. The number of rotatable bonds is 4. The Labute approximate surface area is 266 Å². The van der Waals surface area contributed by atoms with Crippen LogP contribution >= 0.6 is 0 Å². The summed E-state index contributed by atoms with van der Waals surface area (Å²) in [5.74, 6) is 0. The summed E-state index contributed by atoms with van der Waals surface area (Å²) >= 11 is 0. The highest BCUT2D eigenvalue weighted by Crippen LogP contribution is 2.38. The maximum absolute atomic E-state index is 5.24. The van der Waals surface area contributed by atoms with Crippen molar-refractivity contribution in [3.63, 3.8) is 0 Å². The maximum atomic E-state index is 5.24. The third-order valence-corrected chi connectivity index (χ3v) is 8.91. The molecule has 0 amide bonds. The highest BCUT2D eigenvalue weighted by Gasteiger charge is 2.15. The summed E-state index contributed by atoms with van der Waals surface area (Å²) in [5.41, 5.74) is 10.2. The van der Waals surface area contributed by atoms with E-state index in [1.807, 2.05) is 30.5 Å². The van der Waals surface area contributed by atoms with Crippen LogP contribution in [0.4, 0.5) is 0 Å². The average molecular weight is 586 g/mol. The van der Waals surface area contributed by atoms with E-state index < -0.39 is 0 Å². The Morgan fingerprint density at radius 1 is 0.326 bits per heavy atom. The SMILES string of the molecule is c1ccc2nc(-c3ccc(-c4cc(-c5cccc6ccccc56)nc5ccc(-c6cccc7ccccc67)cc45)cn3)ccc2c1. The van der Waals surface area contributed by atoms with Gasteiger partial charge in [-0.25, -0.2) is 9.97 Å². The van der Waals surface area contributed by atoms with Crippen molar-refractivity contribution < 1.29 is 0 Å². The van der Waals surface area contributed by atoms with Crippen molar-refractivity contribution in [1.29, 1.82) is 0 Å². The minimum Gasteiger partial charge on any atom is -0.254 e. The van der Waals surface area contributed by atoms with Crippen LogP contribution in [0.2, 0.25) is 0 Å². The molecule has 0 fully saturated rings. The normalized spacial score (nSPS) is 11.5. The van der Waals surface area contributed by atoms with Crippen molar-refractivity contribution in [2.75, 3.05) is 0 Å². The molecule has 0 bridgehead atoms. The lowest BCUT2D eigenvalue weighted by Gasteiger charge is -2.14. The molecule has 3 heterocycles. The van der Waals surface area contributed by atoms with Crippen molar-refractivity contribution in [3.8, 4) is 44.9 Å². The Hall–Kier alpha value is -6.19. The first kappa shape index (κ1) is 26.2. The second kappa shape index (κ2) is 10.8. The van der Waals surface area contributed by atoms with Gasteiger partial charge in [0.05, 0.1) is 28.1 Å². The van der Waals surface area contributed by atoms with Gasteiger partial charge in [0.15, 0.2) is 0 Å². The lowest BCUT2D eigenvalue weighted by Crippen LogP contribution is -1.93. The molecule has 3 aromatic heterocycles. The molecule has 0 radical (unpaired) electrons. The Bertz CT molecular complexity index is 2570. The van der Waals surface area contributed by atoms with Crippen molar-refractivity contribution in [1.82, 2.24) is 15.0 Å². The van der Waals surface area contributed by atoms with Crippen molar-refractivity contribution in [3.05, 3.63) is 164 Å². The first-order chi connectivity index (χ1) is 22.8. The summed E-state index contributed by atoms with van der Waals surface area (Å²) in [5, 5.41) is 7.06. The predicted octanol–water partition coefficient (Wildman–Crippen LogP) is 11.2. The van der Waals surface area contributed by atoms with Gasteiger partial charge in [0, 0.05) is 28.1 Å². The summed E-state index contributed by atoms with van der Waals surface area (Å²) in [6.07, 6.45) is 1.97. The number of fused-ring (bicyclic) bond motifs is 4. The van der Waals surface area contributed by atoms with Gasteiger partial charge in [-0.3, -0.25) is 4.98 Å². The molecule has 0 saturated carbocycles. The molecule has 6 aromatic carbocycles. The number of hydrogen-bond donors (Lipinski definition) is 0. The average Bonchev–Trinajstić information content (AvgIpc) is 3.13. The van der Waals surface area contributed by atoms with E-state index in [4.69, 9.17) is 15.0 Å². The molecule has 0 atom stereocenters. The van der Waals surface area contributed by atoms with Gasteiger partial charge in [0.25, 0.3) is 0 Å². The van der Waals surface area contributed by atoms with E-state index in [-0.39, 0.29) is 0 Å². The van der Waals surface area contributed by atoms with Crippen LogP contribution in [0.3, 0.4) is 0 Å². The predicted molar refractivity (Wildman–Crippen MR) is 192 cm³/mol. The Morgan fingerprint density at radius 2 is 0.957 bits per heavy atom. The van der Waals surface area contributed by atoms with E-state index in [1.165, 1.54) is 27.1 Å². The largest absolute Gasteiger partial charge is 0.254 e. The molecule has 9 rings (SSSR count). The summed E-state index contributed by atoms with van der Waals surface area (Å²) in [7, 11) is 0. The molecule has 0 unspecified atom stereocenters. The van der Waals surface area contributed by atoms with Gasteiger partial charge in [-0.05, 0) is 74.6 Å². The number of pyridine rings is 3. The molecule has 0 N–H and O–H groups in total. The van der Waals surface area contributed by atoms with Crippen LogP contribution in [0.5, 0.6) is 0 Å². The minimum atomic E-state index is 0.846. The van der Waals surface area contributed by atoms with Crippen LogP contribution in [0.1, 0.15) is 0 Å². The van der Waals surface area contributed by atoms with Crippen LogP contribution in [-0.4, -0.2) is 15.0 Å². The van der Waals surface area contributed by atoms with Crippen LogP contribution in [0.25, 0.3) is 88.2 Å². The Balaban J connectivity index is 1.24. The third-order valence-electron chi connectivity index (χ3n) is 8.91. The first-order valence-electron chi connectivity index (χ1n) is 15.5. The lowest BCUT2D eigenvalue weighted by atomic mass is 9.93. The Morgan fingerprint density at radius 3 is 1.74 bits per heavy atom.